The molecule has 1 aromatic carbocycles. The summed E-state index contributed by atoms with van der Waals surface area (Å²) in [7, 11) is 5.96. The molecule has 0 radical (unpaired) electrons. The molecule has 0 heterocycles. The number of hydrogen-bond donors (Lipinski definition) is 2. The second kappa shape index (κ2) is 11.6. The second-order valence-corrected chi connectivity index (χ2v) is 6.18. The summed E-state index contributed by atoms with van der Waals surface area (Å²) in [5.41, 5.74) is 1.02. The minimum Gasteiger partial charge on any atom is -0.355 e. The lowest BCUT2D eigenvalue weighted by atomic mass is 10.0. The zero-order valence-corrected chi connectivity index (χ0v) is 17.1. The van der Waals surface area contributed by atoms with Gasteiger partial charge in [0, 0.05) is 26.2 Å². The number of halogens is 2. The molecular weight excluding hydrogens is 406 g/mol. The number of benzene rings is 1. The molecule has 6 heteroatoms. The maximum atomic E-state index is 12.9. The highest BCUT2D eigenvalue weighted by molar-refractivity contribution is 14.0. The molecule has 23 heavy (non-hydrogen) atoms. The first kappa shape index (κ1) is 22.1. The van der Waals surface area contributed by atoms with E-state index in [-0.39, 0.29) is 29.8 Å². The fourth-order valence-corrected chi connectivity index (χ4v) is 2.24. The van der Waals surface area contributed by atoms with Gasteiger partial charge in [-0.3, -0.25) is 4.99 Å². The largest absolute Gasteiger partial charge is 0.355 e. The van der Waals surface area contributed by atoms with Gasteiger partial charge in [-0.25, -0.2) is 4.39 Å². The first-order chi connectivity index (χ1) is 10.4. The molecule has 0 aliphatic heterocycles. The first-order valence-corrected chi connectivity index (χ1v) is 7.77. The molecule has 0 aromatic heterocycles. The van der Waals surface area contributed by atoms with Gasteiger partial charge < -0.3 is 15.5 Å². The number of hydrogen-bond acceptors (Lipinski definition) is 2. The van der Waals surface area contributed by atoms with Gasteiger partial charge in [0.25, 0.3) is 0 Å². The van der Waals surface area contributed by atoms with Gasteiger partial charge in [0.2, 0.25) is 0 Å². The van der Waals surface area contributed by atoms with Crippen LogP contribution in [-0.2, 0) is 6.54 Å². The lowest BCUT2D eigenvalue weighted by Gasteiger charge is -2.27. The molecule has 1 aromatic rings. The second-order valence-electron chi connectivity index (χ2n) is 6.18. The molecule has 0 saturated carbocycles. The lowest BCUT2D eigenvalue weighted by Crippen LogP contribution is -2.45. The molecule has 1 atom stereocenters. The predicted octanol–water partition coefficient (Wildman–Crippen LogP) is 3.09. The Morgan fingerprint density at radius 3 is 2.26 bits per heavy atom. The number of nitrogens with zero attached hydrogens (tertiary/aromatic N) is 2. The van der Waals surface area contributed by atoms with Crippen molar-refractivity contribution in [2.45, 2.75) is 32.9 Å². The molecule has 132 valence electrons. The molecular formula is C17H30FIN4. The van der Waals surface area contributed by atoms with E-state index >= 15 is 0 Å². The van der Waals surface area contributed by atoms with Crippen molar-refractivity contribution < 1.29 is 4.39 Å². The zero-order chi connectivity index (χ0) is 16.5. The average Bonchev–Trinajstić information content (AvgIpc) is 2.47. The Labute approximate surface area is 157 Å². The van der Waals surface area contributed by atoms with Gasteiger partial charge in [-0.1, -0.05) is 26.0 Å². The van der Waals surface area contributed by atoms with Gasteiger partial charge in [0.05, 0.1) is 0 Å². The molecule has 1 rings (SSSR count). The smallest absolute Gasteiger partial charge is 0.191 e. The minimum atomic E-state index is -0.214. The number of aliphatic imine (C=N–C) groups is 1. The summed E-state index contributed by atoms with van der Waals surface area (Å²) >= 11 is 0. The quantitative estimate of drug-likeness (QED) is 0.392. The zero-order valence-electron chi connectivity index (χ0n) is 14.8. The highest BCUT2D eigenvalue weighted by Gasteiger charge is 2.13. The van der Waals surface area contributed by atoms with Gasteiger partial charge >= 0.3 is 0 Å². The van der Waals surface area contributed by atoms with Crippen LogP contribution in [-0.4, -0.2) is 44.6 Å². The van der Waals surface area contributed by atoms with Crippen LogP contribution in [0.15, 0.2) is 29.3 Å². The van der Waals surface area contributed by atoms with Crippen LogP contribution in [0.3, 0.4) is 0 Å². The highest BCUT2D eigenvalue weighted by atomic mass is 127. The third-order valence-electron chi connectivity index (χ3n) is 3.58. The minimum absolute atomic E-state index is 0. The summed E-state index contributed by atoms with van der Waals surface area (Å²) in [6.07, 6.45) is 1.13. The van der Waals surface area contributed by atoms with E-state index in [4.69, 9.17) is 0 Å². The molecule has 1 unspecified atom stereocenters. The maximum Gasteiger partial charge on any atom is 0.191 e. The number of likely N-dealkylation sites (N-methyl/N-ethyl adjacent to an activating group) is 1. The van der Waals surface area contributed by atoms with Crippen LogP contribution in [0.5, 0.6) is 0 Å². The van der Waals surface area contributed by atoms with Crippen LogP contribution in [0.1, 0.15) is 25.8 Å². The van der Waals surface area contributed by atoms with E-state index in [2.05, 4.69) is 48.5 Å². The van der Waals surface area contributed by atoms with Crippen LogP contribution in [0.4, 0.5) is 4.39 Å². The number of nitrogens with one attached hydrogen (secondary N) is 2. The molecule has 0 amide bonds. The van der Waals surface area contributed by atoms with Crippen molar-refractivity contribution in [2.24, 2.45) is 10.9 Å². The Morgan fingerprint density at radius 2 is 1.78 bits per heavy atom. The molecule has 0 aliphatic carbocycles. The van der Waals surface area contributed by atoms with Crippen molar-refractivity contribution in [1.82, 2.24) is 15.5 Å². The summed E-state index contributed by atoms with van der Waals surface area (Å²) in [5.74, 6) is 1.21. The molecule has 2 N–H and O–H groups in total. The van der Waals surface area contributed by atoms with Crippen molar-refractivity contribution in [2.75, 3.05) is 27.7 Å². The lowest BCUT2D eigenvalue weighted by molar-refractivity contribution is 0.254. The van der Waals surface area contributed by atoms with E-state index in [1.54, 1.807) is 19.2 Å². The molecule has 0 aliphatic rings. The Bertz CT molecular complexity index is 460. The van der Waals surface area contributed by atoms with Gasteiger partial charge in [-0.05, 0) is 44.1 Å². The fourth-order valence-electron chi connectivity index (χ4n) is 2.24. The first-order valence-electron chi connectivity index (χ1n) is 7.77. The van der Waals surface area contributed by atoms with Crippen LogP contribution in [0.25, 0.3) is 0 Å². The topological polar surface area (TPSA) is 39.7 Å². The summed E-state index contributed by atoms with van der Waals surface area (Å²) < 4.78 is 12.9. The van der Waals surface area contributed by atoms with Crippen molar-refractivity contribution >= 4 is 29.9 Å². The molecule has 0 saturated heterocycles. The van der Waals surface area contributed by atoms with E-state index in [1.807, 2.05) is 0 Å². The average molecular weight is 436 g/mol. The van der Waals surface area contributed by atoms with Crippen LogP contribution < -0.4 is 10.6 Å². The predicted molar refractivity (Wildman–Crippen MR) is 107 cm³/mol. The molecule has 4 nitrogen and oxygen atoms in total. The molecule has 0 spiro atoms. The maximum absolute atomic E-state index is 12.9. The third kappa shape index (κ3) is 9.10. The van der Waals surface area contributed by atoms with E-state index in [0.29, 0.717) is 18.5 Å². The highest BCUT2D eigenvalue weighted by Crippen LogP contribution is 2.08. The summed E-state index contributed by atoms with van der Waals surface area (Å²) in [4.78, 5) is 6.47. The van der Waals surface area contributed by atoms with E-state index < -0.39 is 0 Å². The van der Waals surface area contributed by atoms with E-state index in [1.165, 1.54) is 12.1 Å². The fraction of sp³-hybridized carbons (Fsp3) is 0.588. The van der Waals surface area contributed by atoms with Gasteiger partial charge in [0.15, 0.2) is 5.96 Å². The monoisotopic (exact) mass is 436 g/mol. The van der Waals surface area contributed by atoms with Crippen molar-refractivity contribution in [3.8, 4) is 0 Å². The van der Waals surface area contributed by atoms with Crippen LogP contribution in [0.2, 0.25) is 0 Å². The standard InChI is InChI=1S/C17H29FN4.HI/c1-13(2)10-16(22(4)5)12-21-17(19-3)20-11-14-6-8-15(18)9-7-14;/h6-9,13,16H,10-12H2,1-5H3,(H2,19,20,21);1H. The third-order valence-corrected chi connectivity index (χ3v) is 3.58. The van der Waals surface area contributed by atoms with Crippen molar-refractivity contribution in [3.63, 3.8) is 0 Å². The van der Waals surface area contributed by atoms with E-state index in [0.717, 1.165) is 24.5 Å². The SMILES string of the molecule is CN=C(NCc1ccc(F)cc1)NCC(CC(C)C)N(C)C.I. The molecule has 0 fully saturated rings. The summed E-state index contributed by atoms with van der Waals surface area (Å²) in [5, 5.41) is 6.61. The van der Waals surface area contributed by atoms with Gasteiger partial charge in [-0.2, -0.15) is 0 Å². The summed E-state index contributed by atoms with van der Waals surface area (Å²) in [6.45, 7) is 5.93. The Kier molecular flexibility index (Phi) is 11.2. The van der Waals surface area contributed by atoms with Gasteiger partial charge in [-0.15, -0.1) is 24.0 Å². The normalized spacial score (nSPS) is 13.0. The van der Waals surface area contributed by atoms with Crippen molar-refractivity contribution in [1.29, 1.82) is 0 Å². The Hall–Kier alpha value is -0.890. The number of rotatable bonds is 7. The van der Waals surface area contributed by atoms with Crippen molar-refractivity contribution in [3.05, 3.63) is 35.6 Å². The van der Waals surface area contributed by atoms with E-state index in [9.17, 15) is 4.39 Å². The summed E-state index contributed by atoms with van der Waals surface area (Å²) in [6, 6.07) is 6.95. The number of guanidine groups is 1. The Balaban J connectivity index is 0.00000484. The van der Waals surface area contributed by atoms with Crippen LogP contribution >= 0.6 is 24.0 Å². The molecule has 0 bridgehead atoms. The Morgan fingerprint density at radius 1 is 1.17 bits per heavy atom. The van der Waals surface area contributed by atoms with Gasteiger partial charge in [0.1, 0.15) is 5.82 Å². The van der Waals surface area contributed by atoms with Crippen LogP contribution in [0, 0.1) is 11.7 Å².